The van der Waals surface area contributed by atoms with Crippen LogP contribution in [0.4, 0.5) is 5.69 Å². The fraction of sp³-hybridized carbons (Fsp3) is 0.125. The molecule has 9 heteroatoms. The first-order chi connectivity index (χ1) is 12.0. The third kappa shape index (κ3) is 2.81. The zero-order chi connectivity index (χ0) is 17.6. The van der Waals surface area contributed by atoms with E-state index in [4.69, 9.17) is 28.9 Å². The van der Waals surface area contributed by atoms with E-state index in [9.17, 15) is 4.79 Å². The SMILES string of the molecule is Nc1c(Cl)cc(-c2nccc(-c3cc4n(n3)CCNC4=O)n2)cc1Cl. The molecular formula is C16H12Cl2N6O. The second kappa shape index (κ2) is 6.02. The van der Waals surface area contributed by atoms with Gasteiger partial charge >= 0.3 is 0 Å². The minimum atomic E-state index is -0.142. The van der Waals surface area contributed by atoms with Crippen LogP contribution in [-0.2, 0) is 6.54 Å². The van der Waals surface area contributed by atoms with E-state index in [2.05, 4.69) is 20.4 Å². The maximum atomic E-state index is 11.9. The Balaban J connectivity index is 1.77. The van der Waals surface area contributed by atoms with Crippen LogP contribution in [0.25, 0.3) is 22.8 Å². The van der Waals surface area contributed by atoms with Crippen LogP contribution in [0.3, 0.4) is 0 Å². The summed E-state index contributed by atoms with van der Waals surface area (Å²) in [6.45, 7) is 1.19. The van der Waals surface area contributed by atoms with Gasteiger partial charge in [0, 0.05) is 18.3 Å². The molecule has 4 rings (SSSR count). The van der Waals surface area contributed by atoms with E-state index in [1.165, 1.54) is 0 Å². The van der Waals surface area contributed by atoms with Crippen molar-refractivity contribution in [2.24, 2.45) is 0 Å². The van der Waals surface area contributed by atoms with Gasteiger partial charge in [0.05, 0.1) is 28.0 Å². The highest BCUT2D eigenvalue weighted by Gasteiger charge is 2.20. The summed E-state index contributed by atoms with van der Waals surface area (Å²) >= 11 is 12.2. The summed E-state index contributed by atoms with van der Waals surface area (Å²) < 4.78 is 1.67. The molecule has 1 aliphatic rings. The number of halogens is 2. The first kappa shape index (κ1) is 15.9. The molecule has 0 radical (unpaired) electrons. The van der Waals surface area contributed by atoms with Crippen LogP contribution < -0.4 is 11.1 Å². The smallest absolute Gasteiger partial charge is 0.269 e. The van der Waals surface area contributed by atoms with E-state index in [0.29, 0.717) is 57.3 Å². The van der Waals surface area contributed by atoms with Crippen LogP contribution in [0.15, 0.2) is 30.5 Å². The van der Waals surface area contributed by atoms with Crippen molar-refractivity contribution >= 4 is 34.8 Å². The van der Waals surface area contributed by atoms with Gasteiger partial charge in [-0.25, -0.2) is 9.97 Å². The number of hydrogen-bond donors (Lipinski definition) is 2. The zero-order valence-electron chi connectivity index (χ0n) is 12.8. The summed E-state index contributed by atoms with van der Waals surface area (Å²) in [7, 11) is 0. The Morgan fingerprint density at radius 2 is 1.92 bits per heavy atom. The molecule has 3 heterocycles. The molecule has 0 saturated heterocycles. The van der Waals surface area contributed by atoms with Gasteiger partial charge in [0.15, 0.2) is 5.82 Å². The van der Waals surface area contributed by atoms with Gasteiger partial charge in [-0.05, 0) is 24.3 Å². The van der Waals surface area contributed by atoms with E-state index in [1.54, 1.807) is 35.1 Å². The third-order valence-electron chi connectivity index (χ3n) is 3.88. The zero-order valence-corrected chi connectivity index (χ0v) is 14.3. The standard InChI is InChI=1S/C16H12Cl2N6O/c17-9-5-8(6-10(18)14(9)19)15-20-2-1-11(22-15)12-7-13-16(25)21-3-4-24(13)23-12/h1-2,5-7H,3-4,19H2,(H,21,25). The highest BCUT2D eigenvalue weighted by Crippen LogP contribution is 2.32. The van der Waals surface area contributed by atoms with Crippen molar-refractivity contribution in [1.29, 1.82) is 0 Å². The van der Waals surface area contributed by atoms with Crippen molar-refractivity contribution in [3.8, 4) is 22.8 Å². The first-order valence-electron chi connectivity index (χ1n) is 7.47. The number of benzene rings is 1. The van der Waals surface area contributed by atoms with Crippen LogP contribution in [0.5, 0.6) is 0 Å². The molecule has 0 saturated carbocycles. The molecule has 1 aliphatic heterocycles. The van der Waals surface area contributed by atoms with Gasteiger partial charge in [-0.15, -0.1) is 0 Å². The molecule has 3 N–H and O–H groups in total. The maximum Gasteiger partial charge on any atom is 0.269 e. The minimum absolute atomic E-state index is 0.142. The second-order valence-corrected chi connectivity index (χ2v) is 6.33. The van der Waals surface area contributed by atoms with Gasteiger partial charge in [-0.2, -0.15) is 5.10 Å². The van der Waals surface area contributed by atoms with Crippen LogP contribution in [0.1, 0.15) is 10.5 Å². The Morgan fingerprint density at radius 1 is 1.16 bits per heavy atom. The largest absolute Gasteiger partial charge is 0.396 e. The topological polar surface area (TPSA) is 98.7 Å². The Kier molecular flexibility index (Phi) is 3.82. The summed E-state index contributed by atoms with van der Waals surface area (Å²) in [6, 6.07) is 6.76. The third-order valence-corrected chi connectivity index (χ3v) is 4.50. The van der Waals surface area contributed by atoms with Crippen molar-refractivity contribution in [1.82, 2.24) is 25.1 Å². The number of nitrogen functional groups attached to an aromatic ring is 1. The lowest BCUT2D eigenvalue weighted by molar-refractivity contribution is 0.0924. The van der Waals surface area contributed by atoms with Crippen LogP contribution >= 0.6 is 23.2 Å². The van der Waals surface area contributed by atoms with Crippen LogP contribution in [0.2, 0.25) is 10.0 Å². The number of carbonyl (C=O) groups excluding carboxylic acids is 1. The molecule has 126 valence electrons. The molecule has 0 atom stereocenters. The number of rotatable bonds is 2. The van der Waals surface area contributed by atoms with Crippen molar-refractivity contribution in [3.63, 3.8) is 0 Å². The molecule has 0 aliphatic carbocycles. The monoisotopic (exact) mass is 374 g/mol. The van der Waals surface area contributed by atoms with Gasteiger partial charge < -0.3 is 11.1 Å². The average molecular weight is 375 g/mol. The number of hydrogen-bond acceptors (Lipinski definition) is 5. The molecule has 1 amide bonds. The first-order valence-corrected chi connectivity index (χ1v) is 8.23. The Bertz CT molecular complexity index is 977. The summed E-state index contributed by atoms with van der Waals surface area (Å²) in [5, 5.41) is 7.91. The highest BCUT2D eigenvalue weighted by molar-refractivity contribution is 6.39. The Morgan fingerprint density at radius 3 is 2.64 bits per heavy atom. The molecule has 3 aromatic rings. The molecular weight excluding hydrogens is 363 g/mol. The van der Waals surface area contributed by atoms with Gasteiger partial charge in [0.2, 0.25) is 0 Å². The number of anilines is 1. The Labute approximate surface area is 152 Å². The molecule has 0 bridgehead atoms. The predicted molar refractivity (Wildman–Crippen MR) is 95.5 cm³/mol. The average Bonchev–Trinajstić information content (AvgIpc) is 3.05. The van der Waals surface area contributed by atoms with Crippen molar-refractivity contribution in [2.45, 2.75) is 6.54 Å². The number of fused-ring (bicyclic) bond motifs is 1. The normalized spacial score (nSPS) is 13.4. The van der Waals surface area contributed by atoms with Crippen molar-refractivity contribution < 1.29 is 4.79 Å². The number of aromatic nitrogens is 4. The lowest BCUT2D eigenvalue weighted by atomic mass is 10.2. The fourth-order valence-electron chi connectivity index (χ4n) is 2.61. The number of carbonyl (C=O) groups is 1. The van der Waals surface area contributed by atoms with Gasteiger partial charge in [-0.1, -0.05) is 23.2 Å². The summed E-state index contributed by atoms with van der Waals surface area (Å²) in [5.74, 6) is 0.299. The number of amides is 1. The summed E-state index contributed by atoms with van der Waals surface area (Å²) in [6.07, 6.45) is 1.62. The summed E-state index contributed by atoms with van der Waals surface area (Å²) in [5.41, 5.74) is 8.44. The molecule has 0 unspecified atom stereocenters. The molecule has 0 spiro atoms. The molecule has 1 aromatic carbocycles. The van der Waals surface area contributed by atoms with Gasteiger partial charge in [0.1, 0.15) is 11.4 Å². The molecule has 0 fully saturated rings. The Hall–Kier alpha value is -2.64. The van der Waals surface area contributed by atoms with Gasteiger partial charge in [0.25, 0.3) is 5.91 Å². The van der Waals surface area contributed by atoms with Crippen molar-refractivity contribution in [2.75, 3.05) is 12.3 Å². The van der Waals surface area contributed by atoms with Crippen molar-refractivity contribution in [3.05, 3.63) is 46.2 Å². The van der Waals surface area contributed by atoms with Gasteiger partial charge in [-0.3, -0.25) is 9.48 Å². The second-order valence-electron chi connectivity index (χ2n) is 5.51. The van der Waals surface area contributed by atoms with E-state index in [-0.39, 0.29) is 5.91 Å². The maximum absolute atomic E-state index is 11.9. The van der Waals surface area contributed by atoms with E-state index in [0.717, 1.165) is 0 Å². The quantitative estimate of drug-likeness (QED) is 0.671. The molecule has 7 nitrogen and oxygen atoms in total. The summed E-state index contributed by atoms with van der Waals surface area (Å²) in [4.78, 5) is 20.7. The van der Waals surface area contributed by atoms with Crippen LogP contribution in [-0.4, -0.2) is 32.2 Å². The van der Waals surface area contributed by atoms with E-state index in [1.807, 2.05) is 0 Å². The van der Waals surface area contributed by atoms with E-state index < -0.39 is 0 Å². The molecule has 25 heavy (non-hydrogen) atoms. The van der Waals surface area contributed by atoms with Crippen LogP contribution in [0, 0.1) is 0 Å². The molecule has 2 aromatic heterocycles. The number of nitrogens with two attached hydrogens (primary N) is 1. The minimum Gasteiger partial charge on any atom is -0.396 e. The predicted octanol–water partition coefficient (Wildman–Crippen LogP) is 2.64. The lowest BCUT2D eigenvalue weighted by Gasteiger charge is -2.13. The number of nitrogens with one attached hydrogen (secondary N) is 1. The highest BCUT2D eigenvalue weighted by atomic mass is 35.5. The fourth-order valence-corrected chi connectivity index (χ4v) is 3.10. The van der Waals surface area contributed by atoms with E-state index >= 15 is 0 Å². The lowest BCUT2D eigenvalue weighted by Crippen LogP contribution is -2.35. The number of nitrogens with zero attached hydrogens (tertiary/aromatic N) is 4.